The van der Waals surface area contributed by atoms with Gasteiger partial charge in [-0.25, -0.2) is 13.2 Å². The molecule has 3 aromatic rings. The van der Waals surface area contributed by atoms with Gasteiger partial charge in [-0.05, 0) is 45.2 Å². The Morgan fingerprint density at radius 2 is 1.78 bits per heavy atom. The fraction of sp³-hybridized carbons (Fsp3) is 0.375. The lowest BCUT2D eigenvalue weighted by molar-refractivity contribution is 0.251. The van der Waals surface area contributed by atoms with E-state index in [1.165, 1.54) is 12.1 Å². The van der Waals surface area contributed by atoms with Gasteiger partial charge in [-0.1, -0.05) is 12.1 Å². The van der Waals surface area contributed by atoms with Crippen LogP contribution in [0.25, 0.3) is 0 Å². The summed E-state index contributed by atoms with van der Waals surface area (Å²) in [5, 5.41) is 9.12. The van der Waals surface area contributed by atoms with E-state index in [0.717, 1.165) is 36.5 Å². The summed E-state index contributed by atoms with van der Waals surface area (Å²) in [6.45, 7) is 6.97. The first-order valence-corrected chi connectivity index (χ1v) is 13.4. The quantitative estimate of drug-likeness (QED) is 0.418. The Balaban J connectivity index is 1.52. The van der Waals surface area contributed by atoms with E-state index >= 15 is 0 Å². The molecule has 2 aromatic carbocycles. The third-order valence-electron chi connectivity index (χ3n) is 6.18. The lowest BCUT2D eigenvalue weighted by Gasteiger charge is -2.34. The summed E-state index contributed by atoms with van der Waals surface area (Å²) < 4.78 is 31.8. The molecule has 1 fully saturated rings. The lowest BCUT2D eigenvalue weighted by atomic mass is 10.2. The van der Waals surface area contributed by atoms with Gasteiger partial charge in [-0.2, -0.15) is 4.98 Å². The number of benzene rings is 2. The fourth-order valence-electron chi connectivity index (χ4n) is 3.93. The molecular weight excluding hydrogens is 496 g/mol. The first kappa shape index (κ1) is 26.2. The summed E-state index contributed by atoms with van der Waals surface area (Å²) in [4.78, 5) is 21.7. The Hall–Kier alpha value is -3.84. The number of nitrogens with two attached hydrogens (primary N) is 1. The van der Waals surface area contributed by atoms with Gasteiger partial charge in [-0.3, -0.25) is 0 Å². The smallest absolute Gasteiger partial charge is 0.349 e. The van der Waals surface area contributed by atoms with E-state index < -0.39 is 21.1 Å². The van der Waals surface area contributed by atoms with Crippen LogP contribution >= 0.6 is 0 Å². The highest BCUT2D eigenvalue weighted by atomic mass is 32.2. The van der Waals surface area contributed by atoms with E-state index in [0.29, 0.717) is 11.4 Å². The van der Waals surface area contributed by atoms with Crippen LogP contribution in [-0.4, -0.2) is 79.7 Å². The molecule has 0 saturated carbocycles. The molecule has 12 nitrogen and oxygen atoms in total. The zero-order valence-corrected chi connectivity index (χ0v) is 22.1. The van der Waals surface area contributed by atoms with Gasteiger partial charge >= 0.3 is 6.03 Å². The van der Waals surface area contributed by atoms with Gasteiger partial charge in [0.15, 0.2) is 9.84 Å². The molecule has 0 radical (unpaired) electrons. The third-order valence-corrected chi connectivity index (χ3v) is 8.39. The number of nitrogens with zero attached hydrogens (tertiary/aromatic N) is 5. The highest BCUT2D eigenvalue weighted by Gasteiger charge is 2.24. The van der Waals surface area contributed by atoms with Crippen molar-refractivity contribution in [1.29, 1.82) is 0 Å². The maximum Gasteiger partial charge on any atom is 0.349 e. The zero-order valence-electron chi connectivity index (χ0n) is 21.3. The van der Waals surface area contributed by atoms with Crippen LogP contribution in [0.2, 0.25) is 0 Å². The maximum atomic E-state index is 12.9. The van der Waals surface area contributed by atoms with Gasteiger partial charge in [-0.15, -0.1) is 9.78 Å². The number of para-hydroxylation sites is 1. The Labute approximate surface area is 216 Å². The van der Waals surface area contributed by atoms with Crippen LogP contribution in [0.1, 0.15) is 13.8 Å². The minimum atomic E-state index is -3.63. The van der Waals surface area contributed by atoms with E-state index in [1.807, 2.05) is 18.2 Å². The van der Waals surface area contributed by atoms with Gasteiger partial charge in [0.2, 0.25) is 11.9 Å². The number of anilines is 5. The second-order valence-corrected chi connectivity index (χ2v) is 11.5. The van der Waals surface area contributed by atoms with Crippen molar-refractivity contribution in [3.63, 3.8) is 0 Å². The fourth-order valence-corrected chi connectivity index (χ4v) is 5.13. The van der Waals surface area contributed by atoms with Crippen LogP contribution in [0.4, 0.5) is 33.8 Å². The van der Waals surface area contributed by atoms with Crippen molar-refractivity contribution in [2.45, 2.75) is 24.0 Å². The summed E-state index contributed by atoms with van der Waals surface area (Å²) in [5.74, 6) is 0.502. The molecular formula is C24H32N8O4S. The van der Waals surface area contributed by atoms with E-state index in [1.54, 1.807) is 33.1 Å². The number of methoxy groups -OCH3 is 1. The van der Waals surface area contributed by atoms with Crippen molar-refractivity contribution < 1.29 is 17.9 Å². The number of piperazine rings is 1. The number of nitrogen functional groups attached to an aromatic ring is 1. The van der Waals surface area contributed by atoms with Gasteiger partial charge in [0.25, 0.3) is 0 Å². The third kappa shape index (κ3) is 5.62. The number of hydrogen-bond acceptors (Lipinski definition) is 10. The summed E-state index contributed by atoms with van der Waals surface area (Å²) >= 11 is 0. The number of hydrogen-bond donors (Lipinski definition) is 3. The molecule has 1 amide bonds. The van der Waals surface area contributed by atoms with Crippen LogP contribution in [-0.2, 0) is 9.84 Å². The van der Waals surface area contributed by atoms with Crippen molar-refractivity contribution in [2.75, 3.05) is 61.6 Å². The Morgan fingerprint density at radius 1 is 1.08 bits per heavy atom. The Morgan fingerprint density at radius 3 is 2.46 bits per heavy atom. The van der Waals surface area contributed by atoms with Crippen molar-refractivity contribution in [2.24, 2.45) is 0 Å². The zero-order chi connectivity index (χ0) is 26.7. The number of ether oxygens (including phenoxy) is 1. The largest absolute Gasteiger partial charge is 0.494 e. The standard InChI is InChI=1S/C24H32N8O4S/c1-16(2)37(34,35)21-8-6-5-7-19(21)27-24(33)32-22(25)28-23(29-32)26-18-10-9-17(15-20(18)36-4)31-13-11-30(3)12-14-31/h5-10,15-16H,11-14H2,1-4H3,(H,27,33)(H3,25,26,28,29). The van der Waals surface area contributed by atoms with Crippen molar-refractivity contribution >= 4 is 44.8 Å². The minimum Gasteiger partial charge on any atom is -0.494 e. The molecule has 0 unspecified atom stereocenters. The van der Waals surface area contributed by atoms with E-state index in [2.05, 4.69) is 37.6 Å². The van der Waals surface area contributed by atoms with Crippen LogP contribution < -0.4 is 26.0 Å². The molecule has 37 heavy (non-hydrogen) atoms. The van der Waals surface area contributed by atoms with Crippen LogP contribution in [0, 0.1) is 0 Å². The summed E-state index contributed by atoms with van der Waals surface area (Å²) in [7, 11) is 0.0541. The molecule has 4 rings (SSSR count). The average molecular weight is 529 g/mol. The first-order valence-electron chi connectivity index (χ1n) is 11.9. The highest BCUT2D eigenvalue weighted by molar-refractivity contribution is 7.92. The van der Waals surface area contributed by atoms with Crippen LogP contribution in [0.3, 0.4) is 0 Å². The molecule has 13 heteroatoms. The molecule has 0 bridgehead atoms. The van der Waals surface area contributed by atoms with Crippen molar-refractivity contribution in [1.82, 2.24) is 19.7 Å². The number of aromatic nitrogens is 3. The summed E-state index contributed by atoms with van der Waals surface area (Å²) in [6, 6.07) is 11.2. The number of rotatable bonds is 7. The number of sulfone groups is 1. The van der Waals surface area contributed by atoms with Gasteiger partial charge in [0, 0.05) is 37.9 Å². The van der Waals surface area contributed by atoms with Gasteiger partial charge in [0.1, 0.15) is 5.75 Å². The first-order chi connectivity index (χ1) is 17.6. The summed E-state index contributed by atoms with van der Waals surface area (Å²) in [6.07, 6.45) is 0. The van der Waals surface area contributed by atoms with E-state index in [4.69, 9.17) is 10.5 Å². The molecule has 1 aromatic heterocycles. The molecule has 1 aliphatic heterocycles. The normalized spacial score (nSPS) is 14.6. The lowest BCUT2D eigenvalue weighted by Crippen LogP contribution is -2.44. The average Bonchev–Trinajstić information content (AvgIpc) is 3.25. The van der Waals surface area contributed by atoms with E-state index in [-0.39, 0.29) is 22.5 Å². The highest BCUT2D eigenvalue weighted by Crippen LogP contribution is 2.32. The molecule has 4 N–H and O–H groups in total. The maximum absolute atomic E-state index is 12.9. The SMILES string of the molecule is COc1cc(N2CCN(C)CC2)ccc1Nc1nc(N)n(C(=O)Nc2ccccc2S(=O)(=O)C(C)C)n1. The number of amides is 1. The summed E-state index contributed by atoms with van der Waals surface area (Å²) in [5.41, 5.74) is 7.73. The van der Waals surface area contributed by atoms with Crippen LogP contribution in [0.5, 0.6) is 5.75 Å². The molecule has 0 atom stereocenters. The predicted octanol–water partition coefficient (Wildman–Crippen LogP) is 2.63. The number of nitrogens with one attached hydrogen (secondary N) is 2. The number of carbonyl (C=O) groups excluding carboxylic acids is 1. The van der Waals surface area contributed by atoms with Gasteiger partial charge < -0.3 is 30.9 Å². The Bertz CT molecular complexity index is 1380. The topological polar surface area (TPSA) is 148 Å². The molecule has 0 aliphatic carbocycles. The Kier molecular flexibility index (Phi) is 7.55. The monoisotopic (exact) mass is 528 g/mol. The van der Waals surface area contributed by atoms with E-state index in [9.17, 15) is 13.2 Å². The van der Waals surface area contributed by atoms with Crippen molar-refractivity contribution in [3.8, 4) is 5.75 Å². The van der Waals surface area contributed by atoms with Crippen molar-refractivity contribution in [3.05, 3.63) is 42.5 Å². The molecule has 1 aliphatic rings. The second kappa shape index (κ2) is 10.6. The molecule has 0 spiro atoms. The molecule has 1 saturated heterocycles. The number of carbonyl (C=O) groups is 1. The second-order valence-electron chi connectivity index (χ2n) is 9.03. The molecule has 2 heterocycles. The van der Waals surface area contributed by atoms with Crippen LogP contribution in [0.15, 0.2) is 47.4 Å². The van der Waals surface area contributed by atoms with Gasteiger partial charge in [0.05, 0.1) is 28.6 Å². The predicted molar refractivity (Wildman–Crippen MR) is 144 cm³/mol. The minimum absolute atomic E-state index is 0.0144. The molecule has 198 valence electrons. The number of likely N-dealkylation sites (N-methyl/N-ethyl adjacent to an activating group) is 1.